The lowest BCUT2D eigenvalue weighted by Gasteiger charge is -1.97. The molecule has 2 N–H and O–H groups in total. The summed E-state index contributed by atoms with van der Waals surface area (Å²) in [7, 11) is 1.97. The van der Waals surface area contributed by atoms with Crippen LogP contribution in [0.15, 0.2) is 23.8 Å². The minimum Gasteiger partial charge on any atom is -0.325 e. The second kappa shape index (κ2) is 3.90. The van der Waals surface area contributed by atoms with Crippen molar-refractivity contribution in [2.45, 2.75) is 6.54 Å². The highest BCUT2D eigenvalue weighted by Gasteiger charge is 2.12. The maximum absolute atomic E-state index is 5.57. The highest BCUT2D eigenvalue weighted by molar-refractivity contribution is 7.09. The standard InChI is InChI=1S/C11H11N5S/c1-16-9-5-13-3-2-7(9)15-11(16)8-6-17-10(4-12)14-8/h2-3,5-6H,4,12H2,1H3. The van der Waals surface area contributed by atoms with Crippen LogP contribution in [0.1, 0.15) is 5.01 Å². The Labute approximate surface area is 102 Å². The van der Waals surface area contributed by atoms with E-state index in [1.165, 1.54) is 0 Å². The molecule has 0 saturated heterocycles. The van der Waals surface area contributed by atoms with Gasteiger partial charge in [-0.1, -0.05) is 0 Å². The molecule has 0 aliphatic carbocycles. The number of pyridine rings is 1. The van der Waals surface area contributed by atoms with Crippen LogP contribution in [0.3, 0.4) is 0 Å². The van der Waals surface area contributed by atoms with Crippen molar-refractivity contribution in [1.82, 2.24) is 19.5 Å². The third-order valence-electron chi connectivity index (χ3n) is 2.64. The van der Waals surface area contributed by atoms with Crippen LogP contribution in [0.5, 0.6) is 0 Å². The van der Waals surface area contributed by atoms with E-state index in [1.807, 2.05) is 29.3 Å². The molecule has 0 amide bonds. The summed E-state index contributed by atoms with van der Waals surface area (Å²) < 4.78 is 2.00. The van der Waals surface area contributed by atoms with Gasteiger partial charge < -0.3 is 10.3 Å². The molecule has 0 unspecified atom stereocenters. The number of aryl methyl sites for hydroxylation is 1. The fraction of sp³-hybridized carbons (Fsp3) is 0.182. The van der Waals surface area contributed by atoms with Crippen molar-refractivity contribution >= 4 is 22.4 Å². The van der Waals surface area contributed by atoms with E-state index in [-0.39, 0.29) is 0 Å². The van der Waals surface area contributed by atoms with Gasteiger partial charge in [-0.05, 0) is 6.07 Å². The molecule has 0 bridgehead atoms. The predicted molar refractivity (Wildman–Crippen MR) is 67.5 cm³/mol. The smallest absolute Gasteiger partial charge is 0.160 e. The molecule has 5 nitrogen and oxygen atoms in total. The van der Waals surface area contributed by atoms with Crippen molar-refractivity contribution in [2.75, 3.05) is 0 Å². The van der Waals surface area contributed by atoms with Gasteiger partial charge in [-0.2, -0.15) is 0 Å². The highest BCUT2D eigenvalue weighted by atomic mass is 32.1. The fourth-order valence-electron chi connectivity index (χ4n) is 1.77. The van der Waals surface area contributed by atoms with Crippen molar-refractivity contribution in [3.05, 3.63) is 28.8 Å². The summed E-state index contributed by atoms with van der Waals surface area (Å²) in [5, 5.41) is 2.90. The molecule has 0 fully saturated rings. The van der Waals surface area contributed by atoms with E-state index in [4.69, 9.17) is 5.73 Å². The van der Waals surface area contributed by atoms with Crippen molar-refractivity contribution in [3.8, 4) is 11.5 Å². The number of nitrogens with two attached hydrogens (primary N) is 1. The van der Waals surface area contributed by atoms with Crippen molar-refractivity contribution in [3.63, 3.8) is 0 Å². The Kier molecular flexibility index (Phi) is 2.38. The minimum atomic E-state index is 0.468. The summed E-state index contributed by atoms with van der Waals surface area (Å²) >= 11 is 1.56. The van der Waals surface area contributed by atoms with Gasteiger partial charge in [0.15, 0.2) is 5.82 Å². The number of aromatic nitrogens is 4. The van der Waals surface area contributed by atoms with E-state index < -0.39 is 0 Å². The SMILES string of the molecule is Cn1c(-c2csc(CN)n2)nc2ccncc21. The van der Waals surface area contributed by atoms with E-state index in [2.05, 4.69) is 15.0 Å². The van der Waals surface area contributed by atoms with Gasteiger partial charge in [-0.25, -0.2) is 9.97 Å². The number of thiazole rings is 1. The lowest BCUT2D eigenvalue weighted by molar-refractivity contribution is 0.944. The molecular weight excluding hydrogens is 234 g/mol. The van der Waals surface area contributed by atoms with Crippen LogP contribution in [0.25, 0.3) is 22.6 Å². The largest absolute Gasteiger partial charge is 0.325 e. The molecule has 86 valence electrons. The molecule has 0 spiro atoms. The summed E-state index contributed by atoms with van der Waals surface area (Å²) in [6.07, 6.45) is 3.55. The molecule has 3 rings (SSSR count). The van der Waals surface area contributed by atoms with Crippen LogP contribution < -0.4 is 5.73 Å². The Balaban J connectivity index is 2.20. The summed E-state index contributed by atoms with van der Waals surface area (Å²) in [5.41, 5.74) is 8.37. The molecule has 3 aromatic rings. The second-order valence-corrected chi connectivity index (χ2v) is 4.63. The van der Waals surface area contributed by atoms with Gasteiger partial charge in [0.1, 0.15) is 10.7 Å². The van der Waals surface area contributed by atoms with Gasteiger partial charge in [0.25, 0.3) is 0 Å². The monoisotopic (exact) mass is 245 g/mol. The van der Waals surface area contributed by atoms with Gasteiger partial charge in [0.2, 0.25) is 0 Å². The van der Waals surface area contributed by atoms with Crippen molar-refractivity contribution < 1.29 is 0 Å². The maximum atomic E-state index is 5.57. The van der Waals surface area contributed by atoms with Crippen LogP contribution in [0, 0.1) is 0 Å². The summed E-state index contributed by atoms with van der Waals surface area (Å²) in [5.74, 6) is 0.851. The molecule has 0 aromatic carbocycles. The van der Waals surface area contributed by atoms with Crippen molar-refractivity contribution in [2.24, 2.45) is 12.8 Å². The first kappa shape index (κ1) is 10.4. The van der Waals surface area contributed by atoms with Gasteiger partial charge in [0.05, 0.1) is 17.2 Å². The number of imidazole rings is 1. The fourth-order valence-corrected chi connectivity index (χ4v) is 2.42. The topological polar surface area (TPSA) is 69.6 Å². The summed E-state index contributed by atoms with van der Waals surface area (Å²) in [6, 6.07) is 1.90. The number of fused-ring (bicyclic) bond motifs is 1. The Bertz CT molecular complexity index is 669. The van der Waals surface area contributed by atoms with Crippen LogP contribution in [0.2, 0.25) is 0 Å². The zero-order valence-corrected chi connectivity index (χ0v) is 10.1. The quantitative estimate of drug-likeness (QED) is 0.743. The Morgan fingerprint density at radius 3 is 3.00 bits per heavy atom. The van der Waals surface area contributed by atoms with Gasteiger partial charge in [-0.15, -0.1) is 11.3 Å². The van der Waals surface area contributed by atoms with Crippen LogP contribution in [-0.4, -0.2) is 19.5 Å². The first-order chi connectivity index (χ1) is 8.29. The predicted octanol–water partition coefficient (Wildman–Crippen LogP) is 1.55. The molecule has 0 radical (unpaired) electrons. The van der Waals surface area contributed by atoms with Crippen molar-refractivity contribution in [1.29, 1.82) is 0 Å². The number of nitrogens with zero attached hydrogens (tertiary/aromatic N) is 4. The second-order valence-electron chi connectivity index (χ2n) is 3.69. The van der Waals surface area contributed by atoms with Gasteiger partial charge in [0, 0.05) is 25.2 Å². The van der Waals surface area contributed by atoms with Crippen LogP contribution in [-0.2, 0) is 13.6 Å². The first-order valence-corrected chi connectivity index (χ1v) is 6.09. The normalized spacial score (nSPS) is 11.2. The zero-order valence-electron chi connectivity index (χ0n) is 9.29. The third-order valence-corrected chi connectivity index (χ3v) is 3.51. The molecular formula is C11H11N5S. The highest BCUT2D eigenvalue weighted by Crippen LogP contribution is 2.24. The molecule has 0 aliphatic rings. The van der Waals surface area contributed by atoms with E-state index >= 15 is 0 Å². The van der Waals surface area contributed by atoms with E-state index in [0.29, 0.717) is 6.54 Å². The van der Waals surface area contributed by atoms with E-state index in [1.54, 1.807) is 17.5 Å². The lowest BCUT2D eigenvalue weighted by atomic mass is 10.4. The average molecular weight is 245 g/mol. The number of hydrogen-bond acceptors (Lipinski definition) is 5. The zero-order chi connectivity index (χ0) is 11.8. The van der Waals surface area contributed by atoms with Crippen LogP contribution >= 0.6 is 11.3 Å². The Morgan fingerprint density at radius 1 is 1.41 bits per heavy atom. The first-order valence-electron chi connectivity index (χ1n) is 5.21. The molecule has 6 heteroatoms. The average Bonchev–Trinajstić information content (AvgIpc) is 2.95. The third kappa shape index (κ3) is 1.62. The molecule has 0 saturated carbocycles. The number of hydrogen-bond donors (Lipinski definition) is 1. The van der Waals surface area contributed by atoms with Crippen LogP contribution in [0.4, 0.5) is 0 Å². The molecule has 3 aromatic heterocycles. The molecule has 17 heavy (non-hydrogen) atoms. The molecule has 0 aliphatic heterocycles. The maximum Gasteiger partial charge on any atom is 0.160 e. The lowest BCUT2D eigenvalue weighted by Crippen LogP contribution is -1.96. The van der Waals surface area contributed by atoms with Gasteiger partial charge in [-0.3, -0.25) is 4.98 Å². The Hall–Kier alpha value is -1.79. The number of rotatable bonds is 2. The summed E-state index contributed by atoms with van der Waals surface area (Å²) in [4.78, 5) is 13.1. The van der Waals surface area contributed by atoms with E-state index in [0.717, 1.165) is 27.6 Å². The summed E-state index contributed by atoms with van der Waals surface area (Å²) in [6.45, 7) is 0.468. The molecule has 3 heterocycles. The minimum absolute atomic E-state index is 0.468. The Morgan fingerprint density at radius 2 is 2.29 bits per heavy atom. The molecule has 0 atom stereocenters. The van der Waals surface area contributed by atoms with E-state index in [9.17, 15) is 0 Å². The van der Waals surface area contributed by atoms with Gasteiger partial charge >= 0.3 is 0 Å².